The van der Waals surface area contributed by atoms with Gasteiger partial charge in [-0.15, -0.1) is 0 Å². The number of carbonyl (C=O) groups excluding carboxylic acids is 1. The van der Waals surface area contributed by atoms with Crippen molar-refractivity contribution < 1.29 is 4.79 Å². The van der Waals surface area contributed by atoms with E-state index in [4.69, 9.17) is 0 Å². The zero-order valence-electron chi connectivity index (χ0n) is 7.08. The molecular weight excluding hydrogens is 166 g/mol. The molecule has 13 heavy (non-hydrogen) atoms. The van der Waals surface area contributed by atoms with E-state index in [1.165, 1.54) is 0 Å². The first-order valence-corrected chi connectivity index (χ1v) is 4.19. The van der Waals surface area contributed by atoms with E-state index in [-0.39, 0.29) is 12.1 Å². The van der Waals surface area contributed by atoms with Gasteiger partial charge in [0, 0.05) is 0 Å². The summed E-state index contributed by atoms with van der Waals surface area (Å²) in [5, 5.41) is 3.06. The molecule has 0 aliphatic carbocycles. The van der Waals surface area contributed by atoms with Crippen molar-refractivity contribution in [2.75, 3.05) is 6.54 Å². The molecule has 0 aromatic heterocycles. The van der Waals surface area contributed by atoms with Crippen LogP contribution in [-0.2, 0) is 4.79 Å². The van der Waals surface area contributed by atoms with Gasteiger partial charge in [-0.2, -0.15) is 0 Å². The molecule has 68 valence electrons. The minimum Gasteiger partial charge on any atom is -0.289 e. The monoisotopic (exact) mass is 177 g/mol. The summed E-state index contributed by atoms with van der Waals surface area (Å²) < 4.78 is 0. The number of amides is 1. The van der Waals surface area contributed by atoms with Crippen LogP contribution in [0.25, 0.3) is 0 Å². The van der Waals surface area contributed by atoms with Crippen molar-refractivity contribution in [1.29, 1.82) is 0 Å². The summed E-state index contributed by atoms with van der Waals surface area (Å²) in [6, 6.07) is 9.90. The topological polar surface area (TPSA) is 53.2 Å². The minimum absolute atomic E-state index is 0.0129. The zero-order chi connectivity index (χ0) is 9.10. The number of carbonyl (C=O) groups is 1. The lowest BCUT2D eigenvalue weighted by Gasteiger charge is -2.25. The molecule has 1 aromatic rings. The van der Waals surface area contributed by atoms with Gasteiger partial charge in [-0.1, -0.05) is 30.3 Å². The van der Waals surface area contributed by atoms with Crippen LogP contribution in [0.3, 0.4) is 0 Å². The fourth-order valence-electron chi connectivity index (χ4n) is 1.29. The first kappa shape index (κ1) is 8.22. The molecule has 1 unspecified atom stereocenters. The summed E-state index contributed by atoms with van der Waals surface area (Å²) in [5.41, 5.74) is 6.57. The highest BCUT2D eigenvalue weighted by Crippen LogP contribution is 2.08. The Morgan fingerprint density at radius 1 is 1.23 bits per heavy atom. The van der Waals surface area contributed by atoms with E-state index in [1.807, 2.05) is 30.3 Å². The van der Waals surface area contributed by atoms with E-state index in [2.05, 4.69) is 16.2 Å². The second kappa shape index (κ2) is 3.55. The zero-order valence-corrected chi connectivity index (χ0v) is 7.08. The van der Waals surface area contributed by atoms with Gasteiger partial charge in [0.1, 0.15) is 6.17 Å². The molecule has 1 fully saturated rings. The van der Waals surface area contributed by atoms with Crippen LogP contribution < -0.4 is 16.2 Å². The van der Waals surface area contributed by atoms with Gasteiger partial charge in [-0.3, -0.25) is 15.5 Å². The lowest BCUT2D eigenvalue weighted by molar-refractivity contribution is -0.123. The van der Waals surface area contributed by atoms with Crippen molar-refractivity contribution in [3.63, 3.8) is 0 Å². The predicted molar refractivity (Wildman–Crippen MR) is 48.5 cm³/mol. The molecule has 0 spiro atoms. The molecule has 4 nitrogen and oxygen atoms in total. The van der Waals surface area contributed by atoms with Crippen molar-refractivity contribution in [2.24, 2.45) is 0 Å². The molecule has 1 heterocycles. The molecule has 1 amide bonds. The van der Waals surface area contributed by atoms with Crippen LogP contribution in [0.1, 0.15) is 11.7 Å². The summed E-state index contributed by atoms with van der Waals surface area (Å²) >= 11 is 0. The van der Waals surface area contributed by atoms with E-state index in [1.54, 1.807) is 0 Å². The lowest BCUT2D eigenvalue weighted by Crippen LogP contribution is -2.55. The normalized spacial score (nSPS) is 22.5. The fourth-order valence-corrected chi connectivity index (χ4v) is 1.29. The van der Waals surface area contributed by atoms with Gasteiger partial charge in [0.25, 0.3) is 0 Å². The number of hydrogen-bond acceptors (Lipinski definition) is 3. The highest BCUT2D eigenvalue weighted by Gasteiger charge is 2.16. The predicted octanol–water partition coefficient (Wildman–Crippen LogP) is -0.0908. The van der Waals surface area contributed by atoms with Crippen molar-refractivity contribution in [2.45, 2.75) is 6.17 Å². The molecule has 1 saturated heterocycles. The third-order valence-electron chi connectivity index (χ3n) is 1.96. The Kier molecular flexibility index (Phi) is 2.25. The van der Waals surface area contributed by atoms with Crippen LogP contribution in [-0.4, -0.2) is 12.5 Å². The highest BCUT2D eigenvalue weighted by molar-refractivity contribution is 5.78. The van der Waals surface area contributed by atoms with Gasteiger partial charge in [0.15, 0.2) is 0 Å². The van der Waals surface area contributed by atoms with E-state index < -0.39 is 0 Å². The molecular formula is C9H11N3O. The minimum atomic E-state index is -0.0350. The van der Waals surface area contributed by atoms with Gasteiger partial charge in [-0.05, 0) is 5.56 Å². The average molecular weight is 177 g/mol. The summed E-state index contributed by atoms with van der Waals surface area (Å²) in [7, 11) is 0. The Labute approximate surface area is 76.3 Å². The molecule has 0 bridgehead atoms. The van der Waals surface area contributed by atoms with Crippen molar-refractivity contribution in [3.05, 3.63) is 35.9 Å². The maximum absolute atomic E-state index is 10.8. The summed E-state index contributed by atoms with van der Waals surface area (Å²) in [5.74, 6) is -0.0350. The number of nitrogens with one attached hydrogen (secondary N) is 3. The second-order valence-electron chi connectivity index (χ2n) is 2.92. The molecule has 2 rings (SSSR count). The van der Waals surface area contributed by atoms with Crippen LogP contribution in [0.5, 0.6) is 0 Å². The fraction of sp³-hybridized carbons (Fsp3) is 0.222. The largest absolute Gasteiger partial charge is 0.289 e. The number of benzene rings is 1. The SMILES string of the molecule is O=C1CNC(c2ccccc2)NN1. The Morgan fingerprint density at radius 2 is 2.00 bits per heavy atom. The van der Waals surface area contributed by atoms with Crippen molar-refractivity contribution in [1.82, 2.24) is 16.2 Å². The summed E-state index contributed by atoms with van der Waals surface area (Å²) in [6.07, 6.45) is 0.0129. The van der Waals surface area contributed by atoms with Crippen molar-refractivity contribution >= 4 is 5.91 Å². The van der Waals surface area contributed by atoms with Crippen LogP contribution in [0.4, 0.5) is 0 Å². The molecule has 1 aliphatic heterocycles. The molecule has 4 heteroatoms. The standard InChI is InChI=1S/C9H11N3O/c13-8-6-10-9(12-11-8)7-4-2-1-3-5-7/h1-5,9-10,12H,6H2,(H,11,13). The second-order valence-corrected chi connectivity index (χ2v) is 2.92. The van der Waals surface area contributed by atoms with E-state index in [0.29, 0.717) is 6.54 Å². The maximum Gasteiger partial charge on any atom is 0.248 e. The highest BCUT2D eigenvalue weighted by atomic mass is 16.2. The molecule has 0 saturated carbocycles. The molecule has 1 aliphatic rings. The Hall–Kier alpha value is -1.39. The first-order chi connectivity index (χ1) is 6.36. The molecule has 0 radical (unpaired) electrons. The lowest BCUT2D eigenvalue weighted by atomic mass is 10.2. The van der Waals surface area contributed by atoms with Crippen molar-refractivity contribution in [3.8, 4) is 0 Å². The number of rotatable bonds is 1. The van der Waals surface area contributed by atoms with Gasteiger partial charge >= 0.3 is 0 Å². The number of hydrazine groups is 1. The van der Waals surface area contributed by atoms with Crippen LogP contribution in [0.2, 0.25) is 0 Å². The maximum atomic E-state index is 10.8. The van der Waals surface area contributed by atoms with E-state index in [0.717, 1.165) is 5.56 Å². The van der Waals surface area contributed by atoms with Gasteiger partial charge in [-0.25, -0.2) is 5.43 Å². The van der Waals surface area contributed by atoms with Gasteiger partial charge in [0.2, 0.25) is 5.91 Å². The molecule has 1 atom stereocenters. The van der Waals surface area contributed by atoms with Gasteiger partial charge in [0.05, 0.1) is 6.54 Å². The Balaban J connectivity index is 2.07. The molecule has 3 N–H and O–H groups in total. The Bertz CT molecular complexity index is 289. The van der Waals surface area contributed by atoms with E-state index >= 15 is 0 Å². The van der Waals surface area contributed by atoms with Crippen LogP contribution >= 0.6 is 0 Å². The third kappa shape index (κ3) is 1.85. The molecule has 1 aromatic carbocycles. The van der Waals surface area contributed by atoms with Gasteiger partial charge < -0.3 is 0 Å². The van der Waals surface area contributed by atoms with Crippen LogP contribution in [0, 0.1) is 0 Å². The van der Waals surface area contributed by atoms with E-state index in [9.17, 15) is 4.79 Å². The van der Waals surface area contributed by atoms with Crippen LogP contribution in [0.15, 0.2) is 30.3 Å². The Morgan fingerprint density at radius 3 is 2.62 bits per heavy atom. The first-order valence-electron chi connectivity index (χ1n) is 4.19. The average Bonchev–Trinajstić information content (AvgIpc) is 2.20. The smallest absolute Gasteiger partial charge is 0.248 e. The summed E-state index contributed by atoms with van der Waals surface area (Å²) in [6.45, 7) is 0.354. The summed E-state index contributed by atoms with van der Waals surface area (Å²) in [4.78, 5) is 10.8. The quantitative estimate of drug-likeness (QED) is 0.562. The number of hydrogen-bond donors (Lipinski definition) is 3. The third-order valence-corrected chi connectivity index (χ3v) is 1.96.